The maximum atomic E-state index is 5.99. The molecule has 1 aromatic rings. The zero-order valence-corrected chi connectivity index (χ0v) is 14.5. The van der Waals surface area contributed by atoms with E-state index < -0.39 is 0 Å². The number of benzene rings is 1. The predicted molar refractivity (Wildman–Crippen MR) is 85.8 cm³/mol. The molecule has 1 rings (SSSR count). The first-order valence-electron chi connectivity index (χ1n) is 6.42. The van der Waals surface area contributed by atoms with Gasteiger partial charge in [0.1, 0.15) is 0 Å². The molecule has 0 saturated heterocycles. The third-order valence-electron chi connectivity index (χ3n) is 3.10. The van der Waals surface area contributed by atoms with Gasteiger partial charge in [0.25, 0.3) is 0 Å². The molecule has 0 radical (unpaired) electrons. The van der Waals surface area contributed by atoms with Crippen LogP contribution in [0, 0.1) is 0 Å². The number of nitrogens with zero attached hydrogens (tertiary/aromatic N) is 1. The highest BCUT2D eigenvalue weighted by Gasteiger charge is 2.21. The van der Waals surface area contributed by atoms with E-state index in [2.05, 4.69) is 75.7 Å². The van der Waals surface area contributed by atoms with Crippen LogP contribution in [-0.2, 0) is 0 Å². The van der Waals surface area contributed by atoms with Crippen molar-refractivity contribution in [1.29, 1.82) is 0 Å². The lowest BCUT2D eigenvalue weighted by atomic mass is 10.0. The Morgan fingerprint density at radius 3 is 2.33 bits per heavy atom. The Morgan fingerprint density at radius 1 is 1.22 bits per heavy atom. The third kappa shape index (κ3) is 4.05. The molecular formula is C14H22Br2N2. The molecule has 0 fully saturated rings. The summed E-state index contributed by atoms with van der Waals surface area (Å²) < 4.78 is 2.16. The molecule has 0 aromatic heterocycles. The van der Waals surface area contributed by atoms with Crippen molar-refractivity contribution in [2.75, 3.05) is 13.1 Å². The molecule has 0 bridgehead atoms. The molecule has 0 aliphatic rings. The maximum Gasteiger partial charge on any atom is 0.0473 e. The van der Waals surface area contributed by atoms with Crippen molar-refractivity contribution in [1.82, 2.24) is 4.90 Å². The van der Waals surface area contributed by atoms with E-state index in [0.717, 1.165) is 21.9 Å². The number of rotatable bonds is 6. The molecule has 0 spiro atoms. The van der Waals surface area contributed by atoms with Gasteiger partial charge in [0, 0.05) is 27.6 Å². The second-order valence-corrected chi connectivity index (χ2v) is 6.47. The van der Waals surface area contributed by atoms with E-state index in [0.29, 0.717) is 12.6 Å². The van der Waals surface area contributed by atoms with Gasteiger partial charge in [-0.25, -0.2) is 0 Å². The molecule has 0 amide bonds. The maximum absolute atomic E-state index is 5.99. The Hall–Kier alpha value is 0.1000. The van der Waals surface area contributed by atoms with Crippen LogP contribution in [0.2, 0.25) is 0 Å². The molecule has 0 heterocycles. The normalized spacial score (nSPS) is 13.3. The zero-order valence-electron chi connectivity index (χ0n) is 11.3. The van der Waals surface area contributed by atoms with Gasteiger partial charge in [-0.05, 0) is 76.4 Å². The third-order valence-corrected chi connectivity index (χ3v) is 4.98. The summed E-state index contributed by atoms with van der Waals surface area (Å²) in [5.41, 5.74) is 7.27. The van der Waals surface area contributed by atoms with Gasteiger partial charge in [-0.2, -0.15) is 0 Å². The van der Waals surface area contributed by atoms with Crippen molar-refractivity contribution in [2.45, 2.75) is 39.3 Å². The fraction of sp³-hybridized carbons (Fsp3) is 0.571. The Bertz CT molecular complexity index is 380. The van der Waals surface area contributed by atoms with E-state index in [4.69, 9.17) is 5.73 Å². The molecule has 102 valence electrons. The molecule has 0 saturated carbocycles. The molecule has 2 nitrogen and oxygen atoms in total. The first-order chi connectivity index (χ1) is 8.51. The first-order valence-corrected chi connectivity index (χ1v) is 8.00. The second-order valence-electron chi connectivity index (χ2n) is 4.76. The molecule has 0 aliphatic heterocycles. The van der Waals surface area contributed by atoms with Gasteiger partial charge in [0.15, 0.2) is 0 Å². The van der Waals surface area contributed by atoms with Gasteiger partial charge in [0.2, 0.25) is 0 Å². The minimum absolute atomic E-state index is 0.286. The molecule has 18 heavy (non-hydrogen) atoms. The largest absolute Gasteiger partial charge is 0.329 e. The van der Waals surface area contributed by atoms with Crippen LogP contribution in [0.15, 0.2) is 27.1 Å². The minimum Gasteiger partial charge on any atom is -0.329 e. The first kappa shape index (κ1) is 16.2. The van der Waals surface area contributed by atoms with Crippen LogP contribution >= 0.6 is 31.9 Å². The topological polar surface area (TPSA) is 29.3 Å². The smallest absolute Gasteiger partial charge is 0.0473 e. The quantitative estimate of drug-likeness (QED) is 0.799. The lowest BCUT2D eigenvalue weighted by Gasteiger charge is -2.34. The predicted octanol–water partition coefficient (Wildman–Crippen LogP) is 4.33. The highest BCUT2D eigenvalue weighted by Crippen LogP contribution is 2.29. The summed E-state index contributed by atoms with van der Waals surface area (Å²) in [6, 6.07) is 7.17. The fourth-order valence-corrected chi connectivity index (χ4v) is 2.86. The monoisotopic (exact) mass is 376 g/mol. The summed E-state index contributed by atoms with van der Waals surface area (Å²) in [5.74, 6) is 0. The van der Waals surface area contributed by atoms with Crippen LogP contribution in [0.25, 0.3) is 0 Å². The van der Waals surface area contributed by atoms with E-state index in [1.165, 1.54) is 5.56 Å². The number of halogens is 2. The van der Waals surface area contributed by atoms with Gasteiger partial charge in [0.05, 0.1) is 0 Å². The van der Waals surface area contributed by atoms with Crippen LogP contribution in [0.4, 0.5) is 0 Å². The summed E-state index contributed by atoms with van der Waals surface area (Å²) in [6.45, 7) is 8.39. The SMILES string of the molecule is CCCN(C(C)C)C(CN)c1ccc(Br)c(Br)c1. The van der Waals surface area contributed by atoms with Gasteiger partial charge in [-0.3, -0.25) is 4.90 Å². The molecule has 0 aliphatic carbocycles. The summed E-state index contributed by atoms with van der Waals surface area (Å²) in [5, 5.41) is 0. The van der Waals surface area contributed by atoms with Crippen molar-refractivity contribution in [3.8, 4) is 0 Å². The van der Waals surface area contributed by atoms with Gasteiger partial charge >= 0.3 is 0 Å². The van der Waals surface area contributed by atoms with Gasteiger partial charge < -0.3 is 5.73 Å². The number of nitrogens with two attached hydrogens (primary N) is 1. The van der Waals surface area contributed by atoms with E-state index in [9.17, 15) is 0 Å². The summed E-state index contributed by atoms with van der Waals surface area (Å²) >= 11 is 7.07. The minimum atomic E-state index is 0.286. The Morgan fingerprint density at radius 2 is 1.89 bits per heavy atom. The molecule has 1 aromatic carbocycles. The Kier molecular flexibility index (Phi) is 6.85. The molecule has 1 unspecified atom stereocenters. The summed E-state index contributed by atoms with van der Waals surface area (Å²) in [6.07, 6.45) is 1.15. The highest BCUT2D eigenvalue weighted by atomic mass is 79.9. The van der Waals surface area contributed by atoms with Crippen molar-refractivity contribution in [2.24, 2.45) is 5.73 Å². The average molecular weight is 378 g/mol. The average Bonchev–Trinajstić information content (AvgIpc) is 2.33. The van der Waals surface area contributed by atoms with Crippen LogP contribution in [-0.4, -0.2) is 24.0 Å². The molecule has 1 atom stereocenters. The Labute approximate surface area is 127 Å². The fourth-order valence-electron chi connectivity index (χ4n) is 2.21. The van der Waals surface area contributed by atoms with Crippen molar-refractivity contribution in [3.63, 3.8) is 0 Å². The molecular weight excluding hydrogens is 356 g/mol. The number of hydrogen-bond acceptors (Lipinski definition) is 2. The Balaban J connectivity index is 3.02. The standard InChI is InChI=1S/C14H22Br2N2/c1-4-7-18(10(2)3)14(9-17)11-5-6-12(15)13(16)8-11/h5-6,8,10,14H,4,7,9,17H2,1-3H3. The van der Waals surface area contributed by atoms with Crippen molar-refractivity contribution in [3.05, 3.63) is 32.7 Å². The van der Waals surface area contributed by atoms with Gasteiger partial charge in [-0.15, -0.1) is 0 Å². The van der Waals surface area contributed by atoms with E-state index in [-0.39, 0.29) is 6.04 Å². The van der Waals surface area contributed by atoms with Crippen molar-refractivity contribution >= 4 is 31.9 Å². The highest BCUT2D eigenvalue weighted by molar-refractivity contribution is 9.13. The zero-order chi connectivity index (χ0) is 13.7. The van der Waals surface area contributed by atoms with Crippen molar-refractivity contribution < 1.29 is 0 Å². The lowest BCUT2D eigenvalue weighted by Crippen LogP contribution is -2.39. The summed E-state index contributed by atoms with van der Waals surface area (Å²) in [4.78, 5) is 2.47. The lowest BCUT2D eigenvalue weighted by molar-refractivity contribution is 0.157. The van der Waals surface area contributed by atoms with Gasteiger partial charge in [-0.1, -0.05) is 13.0 Å². The van der Waals surface area contributed by atoms with E-state index >= 15 is 0 Å². The van der Waals surface area contributed by atoms with E-state index in [1.807, 2.05) is 0 Å². The van der Waals surface area contributed by atoms with Crippen LogP contribution in [0.3, 0.4) is 0 Å². The van der Waals surface area contributed by atoms with Crippen LogP contribution < -0.4 is 5.73 Å². The molecule has 2 N–H and O–H groups in total. The van der Waals surface area contributed by atoms with Crippen LogP contribution in [0.5, 0.6) is 0 Å². The number of hydrogen-bond donors (Lipinski definition) is 1. The van der Waals surface area contributed by atoms with E-state index in [1.54, 1.807) is 0 Å². The van der Waals surface area contributed by atoms with Crippen LogP contribution in [0.1, 0.15) is 38.8 Å². The summed E-state index contributed by atoms with van der Waals surface area (Å²) in [7, 11) is 0. The molecule has 4 heteroatoms. The second kappa shape index (κ2) is 7.63.